The average Bonchev–Trinajstić information content (AvgIpc) is 2.36. The average molecular weight is 348 g/mol. The minimum atomic E-state index is -1.07. The van der Waals surface area contributed by atoms with Crippen molar-refractivity contribution in [1.82, 2.24) is 4.90 Å². The van der Waals surface area contributed by atoms with Gasteiger partial charge in [-0.3, -0.25) is 9.59 Å². The van der Waals surface area contributed by atoms with Crippen molar-refractivity contribution in [1.29, 1.82) is 0 Å². The molecule has 0 bridgehead atoms. The molecule has 1 N–H and O–H groups in total. The van der Waals surface area contributed by atoms with Gasteiger partial charge in [0, 0.05) is 6.54 Å². The molecule has 20 heavy (non-hydrogen) atoms. The first-order chi connectivity index (χ1) is 9.43. The smallest absolute Gasteiger partial charge is 0.323 e. The number of carboxylic acid groups (broad SMARTS) is 1. The van der Waals surface area contributed by atoms with Crippen molar-refractivity contribution in [2.24, 2.45) is 0 Å². The lowest BCUT2D eigenvalue weighted by molar-refractivity contribution is -0.145. The Kier molecular flexibility index (Phi) is 6.44. The third kappa shape index (κ3) is 5.16. The lowest BCUT2D eigenvalue weighted by Gasteiger charge is -2.20. The molecule has 5 nitrogen and oxygen atoms in total. The highest BCUT2D eigenvalue weighted by molar-refractivity contribution is 9.10. The molecule has 0 saturated carbocycles. The Bertz CT molecular complexity index is 495. The molecular formula is C13H15BrFNO4. The summed E-state index contributed by atoms with van der Waals surface area (Å²) in [5, 5.41) is 8.74. The second-order valence-corrected chi connectivity index (χ2v) is 4.93. The van der Waals surface area contributed by atoms with Crippen LogP contribution in [-0.4, -0.2) is 41.6 Å². The summed E-state index contributed by atoms with van der Waals surface area (Å²) in [6.45, 7) is 1.54. The fourth-order valence-corrected chi connectivity index (χ4v) is 2.01. The maximum atomic E-state index is 12.9. The van der Waals surface area contributed by atoms with E-state index in [4.69, 9.17) is 9.84 Å². The largest absolute Gasteiger partial charge is 0.483 e. The highest BCUT2D eigenvalue weighted by atomic mass is 79.9. The summed E-state index contributed by atoms with van der Waals surface area (Å²) in [7, 11) is 0. The van der Waals surface area contributed by atoms with Crippen LogP contribution < -0.4 is 4.74 Å². The van der Waals surface area contributed by atoms with E-state index in [0.29, 0.717) is 23.2 Å². The lowest BCUT2D eigenvalue weighted by Crippen LogP contribution is -2.39. The van der Waals surface area contributed by atoms with Crippen LogP contribution in [0.3, 0.4) is 0 Å². The van der Waals surface area contributed by atoms with E-state index in [1.165, 1.54) is 23.1 Å². The molecule has 7 heteroatoms. The molecule has 0 aliphatic heterocycles. The quantitative estimate of drug-likeness (QED) is 0.821. The predicted octanol–water partition coefficient (Wildman–Crippen LogP) is 2.29. The van der Waals surface area contributed by atoms with E-state index in [-0.39, 0.29) is 13.2 Å². The van der Waals surface area contributed by atoms with Crippen molar-refractivity contribution in [3.63, 3.8) is 0 Å². The molecule has 0 aromatic heterocycles. The summed E-state index contributed by atoms with van der Waals surface area (Å²) in [5.41, 5.74) is 0. The lowest BCUT2D eigenvalue weighted by atomic mass is 10.3. The molecule has 1 aromatic rings. The second kappa shape index (κ2) is 7.84. The van der Waals surface area contributed by atoms with Gasteiger partial charge in [0.05, 0.1) is 4.47 Å². The molecule has 1 rings (SSSR count). The number of nitrogens with zero attached hydrogens (tertiary/aromatic N) is 1. The van der Waals surface area contributed by atoms with Crippen molar-refractivity contribution < 1.29 is 23.8 Å². The van der Waals surface area contributed by atoms with Crippen LogP contribution in [0.2, 0.25) is 0 Å². The summed E-state index contributed by atoms with van der Waals surface area (Å²) in [6, 6.07) is 3.83. The molecule has 0 atom stereocenters. The van der Waals surface area contributed by atoms with Gasteiger partial charge < -0.3 is 14.7 Å². The third-order valence-electron chi connectivity index (χ3n) is 2.42. The van der Waals surface area contributed by atoms with Gasteiger partial charge in [0.1, 0.15) is 18.1 Å². The van der Waals surface area contributed by atoms with Crippen LogP contribution in [0.4, 0.5) is 4.39 Å². The molecule has 110 valence electrons. The van der Waals surface area contributed by atoms with Gasteiger partial charge in [0.2, 0.25) is 0 Å². The topological polar surface area (TPSA) is 66.8 Å². The van der Waals surface area contributed by atoms with E-state index in [1.807, 2.05) is 6.92 Å². The number of hydrogen-bond donors (Lipinski definition) is 1. The van der Waals surface area contributed by atoms with Crippen LogP contribution in [0.25, 0.3) is 0 Å². The summed E-state index contributed by atoms with van der Waals surface area (Å²) < 4.78 is 18.6. The Morgan fingerprint density at radius 2 is 2.15 bits per heavy atom. The molecular weight excluding hydrogens is 333 g/mol. The number of benzene rings is 1. The Labute approximate surface area is 124 Å². The SMILES string of the molecule is CCCN(CC(=O)O)C(=O)COc1ccc(F)cc1Br. The molecule has 0 heterocycles. The maximum absolute atomic E-state index is 12.9. The van der Waals surface area contributed by atoms with Crippen LogP contribution in [0.1, 0.15) is 13.3 Å². The van der Waals surface area contributed by atoms with E-state index < -0.39 is 17.7 Å². The van der Waals surface area contributed by atoms with Crippen molar-refractivity contribution in [3.8, 4) is 5.75 Å². The van der Waals surface area contributed by atoms with Crippen LogP contribution in [-0.2, 0) is 9.59 Å². The van der Waals surface area contributed by atoms with Gasteiger partial charge >= 0.3 is 5.97 Å². The number of carbonyl (C=O) groups is 2. The normalized spacial score (nSPS) is 10.2. The van der Waals surface area contributed by atoms with Gasteiger partial charge in [-0.25, -0.2) is 4.39 Å². The Hall–Kier alpha value is -1.63. The molecule has 0 radical (unpaired) electrons. The standard InChI is InChI=1S/C13H15BrFNO4/c1-2-5-16(7-13(18)19)12(17)8-20-11-4-3-9(15)6-10(11)14/h3-4,6H,2,5,7-8H2,1H3,(H,18,19). The van der Waals surface area contributed by atoms with Gasteiger partial charge in [-0.2, -0.15) is 0 Å². The molecule has 1 amide bonds. The van der Waals surface area contributed by atoms with Crippen LogP contribution in [0.5, 0.6) is 5.75 Å². The number of ether oxygens (including phenoxy) is 1. The van der Waals surface area contributed by atoms with Crippen LogP contribution in [0.15, 0.2) is 22.7 Å². The fraction of sp³-hybridized carbons (Fsp3) is 0.385. The van der Waals surface area contributed by atoms with E-state index in [1.54, 1.807) is 0 Å². The number of halogens is 2. The highest BCUT2D eigenvalue weighted by Gasteiger charge is 2.17. The van der Waals surface area contributed by atoms with E-state index in [2.05, 4.69) is 15.9 Å². The molecule has 1 aromatic carbocycles. The first kappa shape index (κ1) is 16.4. The van der Waals surface area contributed by atoms with Gasteiger partial charge in [0.15, 0.2) is 6.61 Å². The number of hydrogen-bond acceptors (Lipinski definition) is 3. The van der Waals surface area contributed by atoms with Gasteiger partial charge in [0.25, 0.3) is 5.91 Å². The summed E-state index contributed by atoms with van der Waals surface area (Å²) in [6.07, 6.45) is 0.652. The maximum Gasteiger partial charge on any atom is 0.323 e. The van der Waals surface area contributed by atoms with Crippen molar-refractivity contribution in [3.05, 3.63) is 28.5 Å². The van der Waals surface area contributed by atoms with Crippen molar-refractivity contribution in [2.45, 2.75) is 13.3 Å². The number of aliphatic carboxylic acids is 1. The minimum absolute atomic E-state index is 0.294. The number of rotatable bonds is 7. The van der Waals surface area contributed by atoms with Gasteiger partial charge in [-0.05, 0) is 40.5 Å². The first-order valence-electron chi connectivity index (χ1n) is 6.01. The fourth-order valence-electron chi connectivity index (χ4n) is 1.55. The molecule has 0 fully saturated rings. The highest BCUT2D eigenvalue weighted by Crippen LogP contribution is 2.25. The van der Waals surface area contributed by atoms with Crippen molar-refractivity contribution >= 4 is 27.8 Å². The Balaban J connectivity index is 2.62. The molecule has 0 spiro atoms. The molecule has 0 aliphatic rings. The Morgan fingerprint density at radius 3 is 2.70 bits per heavy atom. The predicted molar refractivity (Wildman–Crippen MR) is 74.1 cm³/mol. The summed E-state index contributed by atoms with van der Waals surface area (Å²) in [5.74, 6) is -1.60. The zero-order valence-electron chi connectivity index (χ0n) is 10.9. The second-order valence-electron chi connectivity index (χ2n) is 4.07. The number of amides is 1. The van der Waals surface area contributed by atoms with Crippen molar-refractivity contribution in [2.75, 3.05) is 19.7 Å². The summed E-state index contributed by atoms with van der Waals surface area (Å²) in [4.78, 5) is 23.7. The van der Waals surface area contributed by atoms with E-state index >= 15 is 0 Å². The van der Waals surface area contributed by atoms with Crippen LogP contribution in [0, 0.1) is 5.82 Å². The molecule has 0 unspecified atom stereocenters. The van der Waals surface area contributed by atoms with Gasteiger partial charge in [-0.1, -0.05) is 6.92 Å². The van der Waals surface area contributed by atoms with Gasteiger partial charge in [-0.15, -0.1) is 0 Å². The monoisotopic (exact) mass is 347 g/mol. The van der Waals surface area contributed by atoms with E-state index in [9.17, 15) is 14.0 Å². The third-order valence-corrected chi connectivity index (χ3v) is 3.04. The summed E-state index contributed by atoms with van der Waals surface area (Å²) >= 11 is 3.12. The molecule has 0 aliphatic carbocycles. The zero-order chi connectivity index (χ0) is 15.1. The minimum Gasteiger partial charge on any atom is -0.483 e. The zero-order valence-corrected chi connectivity index (χ0v) is 12.5. The number of carboxylic acids is 1. The first-order valence-corrected chi connectivity index (χ1v) is 6.80. The number of carbonyl (C=O) groups excluding carboxylic acids is 1. The van der Waals surface area contributed by atoms with E-state index in [0.717, 1.165) is 0 Å². The molecule has 0 saturated heterocycles. The van der Waals surface area contributed by atoms with Crippen LogP contribution >= 0.6 is 15.9 Å². The Morgan fingerprint density at radius 1 is 1.45 bits per heavy atom.